The zero-order valence-electron chi connectivity index (χ0n) is 17.8. The van der Waals surface area contributed by atoms with Gasteiger partial charge in [0.15, 0.2) is 0 Å². The molecule has 2 heterocycles. The molecule has 5 N–H and O–H groups in total. The first kappa shape index (κ1) is 23.1. The van der Waals surface area contributed by atoms with Gasteiger partial charge in [0.2, 0.25) is 0 Å². The molecule has 170 valence electrons. The number of aromatic hydroxyl groups is 3. The summed E-state index contributed by atoms with van der Waals surface area (Å²) in [5, 5.41) is 50.3. The van der Waals surface area contributed by atoms with E-state index in [0.29, 0.717) is 17.0 Å². The summed E-state index contributed by atoms with van der Waals surface area (Å²) in [7, 11) is 0. The summed E-state index contributed by atoms with van der Waals surface area (Å²) in [5.74, 6) is -2.12. The first-order valence-corrected chi connectivity index (χ1v) is 10.1. The van der Waals surface area contributed by atoms with Gasteiger partial charge in [-0.3, -0.25) is 9.59 Å². The number of aromatic nitrogens is 2. The van der Waals surface area contributed by atoms with Crippen LogP contribution >= 0.6 is 0 Å². The Morgan fingerprint density at radius 1 is 0.781 bits per heavy atom. The molecule has 0 aliphatic heterocycles. The Morgan fingerprint density at radius 2 is 1.25 bits per heavy atom. The van der Waals surface area contributed by atoms with Gasteiger partial charge >= 0.3 is 0 Å². The minimum Gasteiger partial charge on any atom is -0.508 e. The third kappa shape index (κ3) is 4.12. The van der Waals surface area contributed by atoms with Crippen LogP contribution in [-0.4, -0.2) is 47.9 Å². The van der Waals surface area contributed by atoms with E-state index in [4.69, 9.17) is 0 Å². The second-order valence-electron chi connectivity index (χ2n) is 7.56. The summed E-state index contributed by atoms with van der Waals surface area (Å²) in [6.45, 7) is 2.50. The lowest BCUT2D eigenvalue weighted by Crippen LogP contribution is -2.33. The van der Waals surface area contributed by atoms with Crippen LogP contribution in [-0.2, 0) is 13.1 Å². The fraction of sp³-hybridized carbons (Fsp3) is 0.304. The Bertz CT molecular complexity index is 1180. The molecule has 9 heteroatoms. The maximum Gasteiger partial charge on any atom is 0.258 e. The van der Waals surface area contributed by atoms with Crippen molar-refractivity contribution in [1.82, 2.24) is 9.13 Å². The van der Waals surface area contributed by atoms with Gasteiger partial charge in [-0.05, 0) is 43.7 Å². The van der Waals surface area contributed by atoms with Crippen molar-refractivity contribution in [3.05, 3.63) is 85.2 Å². The number of rotatable bonds is 7. The smallest absolute Gasteiger partial charge is 0.258 e. The fourth-order valence-corrected chi connectivity index (χ4v) is 4.02. The van der Waals surface area contributed by atoms with Crippen LogP contribution in [0.5, 0.6) is 17.2 Å². The lowest BCUT2D eigenvalue weighted by atomic mass is 9.84. The second kappa shape index (κ2) is 9.29. The van der Waals surface area contributed by atoms with Gasteiger partial charge < -0.3 is 34.7 Å². The van der Waals surface area contributed by atoms with E-state index in [1.807, 2.05) is 0 Å². The van der Waals surface area contributed by atoms with Crippen molar-refractivity contribution < 1.29 is 25.5 Å². The molecule has 0 radical (unpaired) electrons. The fourth-order valence-electron chi connectivity index (χ4n) is 4.02. The number of benzene rings is 1. The molecule has 0 bridgehead atoms. The third-order valence-corrected chi connectivity index (χ3v) is 5.47. The Kier molecular flexibility index (Phi) is 6.71. The quantitative estimate of drug-likeness (QED) is 0.366. The largest absolute Gasteiger partial charge is 0.508 e. The zero-order chi connectivity index (χ0) is 23.6. The molecular formula is C23H26N2O7. The van der Waals surface area contributed by atoms with Crippen molar-refractivity contribution in [3.63, 3.8) is 0 Å². The molecule has 3 rings (SSSR count). The van der Waals surface area contributed by atoms with Gasteiger partial charge in [0, 0.05) is 24.5 Å². The van der Waals surface area contributed by atoms with Gasteiger partial charge in [0.1, 0.15) is 17.2 Å². The number of nitrogens with zero attached hydrogens (tertiary/aromatic N) is 2. The number of aliphatic hydroxyl groups excluding tert-OH is 2. The molecule has 0 unspecified atom stereocenters. The van der Waals surface area contributed by atoms with E-state index in [1.54, 1.807) is 19.9 Å². The molecule has 0 atom stereocenters. The standard InChI is InChI=1S/C23H26N2O7/c1-13-10-17(29)20(22(31)24(13)6-8-26)19(15-4-3-5-16(28)12-15)21-18(30)11-14(2)25(7-9-27)23(21)32/h3-5,10-12,19,26-30H,6-9H2,1-2H3. The molecule has 2 aromatic heterocycles. The van der Waals surface area contributed by atoms with Crippen molar-refractivity contribution in [2.24, 2.45) is 0 Å². The van der Waals surface area contributed by atoms with Crippen molar-refractivity contribution in [2.75, 3.05) is 13.2 Å². The summed E-state index contributed by atoms with van der Waals surface area (Å²) in [4.78, 5) is 26.7. The lowest BCUT2D eigenvalue weighted by Gasteiger charge is -2.23. The van der Waals surface area contributed by atoms with Crippen LogP contribution in [0.2, 0.25) is 0 Å². The predicted octanol–water partition coefficient (Wildman–Crippen LogP) is 0.908. The summed E-state index contributed by atoms with van der Waals surface area (Å²) in [6, 6.07) is 8.54. The van der Waals surface area contributed by atoms with E-state index in [-0.39, 0.29) is 54.7 Å². The van der Waals surface area contributed by atoms with Crippen LogP contribution < -0.4 is 11.1 Å². The SMILES string of the molecule is Cc1cc(O)c(C(c2cccc(O)c2)c2c(O)cc(C)n(CCO)c2=O)c(=O)n1CCO. The number of phenolic OH excluding ortho intramolecular Hbond substituents is 1. The lowest BCUT2D eigenvalue weighted by molar-refractivity contribution is 0.272. The van der Waals surface area contributed by atoms with Crippen LogP contribution in [0.25, 0.3) is 0 Å². The van der Waals surface area contributed by atoms with Crippen molar-refractivity contribution >= 4 is 0 Å². The Morgan fingerprint density at radius 3 is 1.66 bits per heavy atom. The number of aliphatic hydroxyl groups is 2. The van der Waals surface area contributed by atoms with Crippen LogP contribution in [0.15, 0.2) is 46.0 Å². The molecular weight excluding hydrogens is 416 g/mol. The Balaban J connectivity index is 2.45. The summed E-state index contributed by atoms with van der Waals surface area (Å²) in [6.07, 6.45) is 0. The summed E-state index contributed by atoms with van der Waals surface area (Å²) >= 11 is 0. The molecule has 0 saturated heterocycles. The molecule has 0 aliphatic carbocycles. The number of pyridine rings is 2. The van der Waals surface area contributed by atoms with E-state index >= 15 is 0 Å². The highest BCUT2D eigenvalue weighted by Crippen LogP contribution is 2.38. The van der Waals surface area contributed by atoms with Crippen LogP contribution in [0, 0.1) is 13.8 Å². The van der Waals surface area contributed by atoms with Crippen LogP contribution in [0.1, 0.15) is 34.0 Å². The molecule has 0 spiro atoms. The molecule has 0 aliphatic rings. The molecule has 9 nitrogen and oxygen atoms in total. The van der Waals surface area contributed by atoms with Gasteiger partial charge in [-0.15, -0.1) is 0 Å². The first-order chi connectivity index (χ1) is 15.2. The minimum atomic E-state index is -1.22. The third-order valence-electron chi connectivity index (χ3n) is 5.47. The van der Waals surface area contributed by atoms with Gasteiger partial charge in [0.25, 0.3) is 11.1 Å². The van der Waals surface area contributed by atoms with Crippen molar-refractivity contribution in [2.45, 2.75) is 32.9 Å². The highest BCUT2D eigenvalue weighted by Gasteiger charge is 2.31. The maximum atomic E-state index is 13.4. The van der Waals surface area contributed by atoms with Gasteiger partial charge in [-0.25, -0.2) is 0 Å². The van der Waals surface area contributed by atoms with Gasteiger partial charge in [-0.2, -0.15) is 0 Å². The number of hydrogen-bond acceptors (Lipinski definition) is 7. The molecule has 0 fully saturated rings. The highest BCUT2D eigenvalue weighted by atomic mass is 16.3. The maximum absolute atomic E-state index is 13.4. The average molecular weight is 442 g/mol. The Hall–Kier alpha value is -3.56. The van der Waals surface area contributed by atoms with Crippen molar-refractivity contribution in [1.29, 1.82) is 0 Å². The predicted molar refractivity (Wildman–Crippen MR) is 117 cm³/mol. The van der Waals surface area contributed by atoms with E-state index in [9.17, 15) is 35.1 Å². The van der Waals surface area contributed by atoms with Crippen LogP contribution in [0.4, 0.5) is 0 Å². The van der Waals surface area contributed by atoms with E-state index in [0.717, 1.165) is 0 Å². The number of aryl methyl sites for hydroxylation is 2. The first-order valence-electron chi connectivity index (χ1n) is 10.1. The summed E-state index contributed by atoms with van der Waals surface area (Å²) in [5.41, 5.74) is -0.529. The summed E-state index contributed by atoms with van der Waals surface area (Å²) < 4.78 is 2.53. The van der Waals surface area contributed by atoms with Gasteiger partial charge in [-0.1, -0.05) is 12.1 Å². The second-order valence-corrected chi connectivity index (χ2v) is 7.56. The topological polar surface area (TPSA) is 145 Å². The molecule has 0 amide bonds. The van der Waals surface area contributed by atoms with E-state index < -0.39 is 17.0 Å². The van der Waals surface area contributed by atoms with Crippen molar-refractivity contribution in [3.8, 4) is 17.2 Å². The zero-order valence-corrected chi connectivity index (χ0v) is 17.8. The van der Waals surface area contributed by atoms with Crippen LogP contribution in [0.3, 0.4) is 0 Å². The molecule has 3 aromatic rings. The average Bonchev–Trinajstić information content (AvgIpc) is 2.72. The van der Waals surface area contributed by atoms with E-state index in [2.05, 4.69) is 0 Å². The Labute approximate surface area is 183 Å². The number of phenols is 1. The molecule has 1 aromatic carbocycles. The molecule has 0 saturated carbocycles. The molecule has 32 heavy (non-hydrogen) atoms. The van der Waals surface area contributed by atoms with Gasteiger partial charge in [0.05, 0.1) is 30.3 Å². The van der Waals surface area contributed by atoms with E-state index in [1.165, 1.54) is 39.5 Å². The minimum absolute atomic E-state index is 0.0284. The monoisotopic (exact) mass is 442 g/mol. The number of hydrogen-bond donors (Lipinski definition) is 5. The normalized spacial score (nSPS) is 11.3. The highest BCUT2D eigenvalue weighted by molar-refractivity contribution is 5.53.